The summed E-state index contributed by atoms with van der Waals surface area (Å²) < 4.78 is 0. The maximum atomic E-state index is 12.0. The molecule has 0 radical (unpaired) electrons. The van der Waals surface area contributed by atoms with Gasteiger partial charge in [0, 0.05) is 11.5 Å². The molecule has 0 aromatic carbocycles. The van der Waals surface area contributed by atoms with E-state index in [0.29, 0.717) is 0 Å². The molecule has 3 N–H and O–H groups in total. The summed E-state index contributed by atoms with van der Waals surface area (Å²) in [6.45, 7) is 7.14. The lowest BCUT2D eigenvalue weighted by atomic mass is 9.93. The van der Waals surface area contributed by atoms with Gasteiger partial charge in [0.25, 0.3) is 0 Å². The first-order valence-electron chi connectivity index (χ1n) is 6.99. The van der Waals surface area contributed by atoms with Crippen LogP contribution in [0.2, 0.25) is 0 Å². The van der Waals surface area contributed by atoms with Crippen LogP contribution in [-0.4, -0.2) is 35.1 Å². The summed E-state index contributed by atoms with van der Waals surface area (Å²) in [4.78, 5) is 23.8. The molecular formula is C14H26N2O3. The van der Waals surface area contributed by atoms with Crippen molar-refractivity contribution < 1.29 is 14.7 Å². The fourth-order valence-electron chi connectivity index (χ4n) is 2.03. The highest BCUT2D eigenvalue weighted by atomic mass is 16.3. The molecule has 0 aromatic heterocycles. The normalized spacial score (nSPS) is 25.5. The van der Waals surface area contributed by atoms with Crippen LogP contribution in [0.5, 0.6) is 0 Å². The van der Waals surface area contributed by atoms with Gasteiger partial charge < -0.3 is 15.7 Å². The van der Waals surface area contributed by atoms with Gasteiger partial charge in [-0.25, -0.2) is 0 Å². The Hall–Kier alpha value is -1.10. The molecule has 1 unspecified atom stereocenters. The summed E-state index contributed by atoms with van der Waals surface area (Å²) in [5.74, 6) is -0.284. The number of amides is 2. The fourth-order valence-corrected chi connectivity index (χ4v) is 2.03. The van der Waals surface area contributed by atoms with Crippen molar-refractivity contribution >= 4 is 11.8 Å². The molecule has 2 amide bonds. The van der Waals surface area contributed by atoms with Gasteiger partial charge in [-0.2, -0.15) is 0 Å². The molecule has 1 fully saturated rings. The third kappa shape index (κ3) is 5.19. The molecule has 0 aliphatic heterocycles. The molecule has 5 nitrogen and oxygen atoms in total. The van der Waals surface area contributed by atoms with Gasteiger partial charge in [-0.05, 0) is 32.6 Å². The Morgan fingerprint density at radius 3 is 2.16 bits per heavy atom. The molecule has 0 bridgehead atoms. The lowest BCUT2D eigenvalue weighted by molar-refractivity contribution is -0.133. The van der Waals surface area contributed by atoms with Gasteiger partial charge in [-0.3, -0.25) is 9.59 Å². The van der Waals surface area contributed by atoms with Crippen molar-refractivity contribution in [1.82, 2.24) is 10.6 Å². The topological polar surface area (TPSA) is 78.4 Å². The van der Waals surface area contributed by atoms with Gasteiger partial charge >= 0.3 is 0 Å². The summed E-state index contributed by atoms with van der Waals surface area (Å²) in [5, 5.41) is 15.1. The third-order valence-corrected chi connectivity index (χ3v) is 3.47. The second-order valence-corrected chi connectivity index (χ2v) is 6.46. The predicted octanol–water partition coefficient (Wildman–Crippen LogP) is 0.957. The van der Waals surface area contributed by atoms with E-state index in [1.807, 2.05) is 20.8 Å². The van der Waals surface area contributed by atoms with E-state index in [1.165, 1.54) is 0 Å². The van der Waals surface area contributed by atoms with Crippen molar-refractivity contribution in [3.8, 4) is 0 Å². The molecular weight excluding hydrogens is 244 g/mol. The summed E-state index contributed by atoms with van der Waals surface area (Å²) in [6, 6.07) is -0.413. The van der Waals surface area contributed by atoms with E-state index in [4.69, 9.17) is 0 Å². The molecule has 1 atom stereocenters. The van der Waals surface area contributed by atoms with Gasteiger partial charge in [0.2, 0.25) is 11.8 Å². The molecule has 0 saturated heterocycles. The number of rotatable bonds is 3. The Morgan fingerprint density at radius 2 is 1.68 bits per heavy atom. The van der Waals surface area contributed by atoms with Crippen LogP contribution in [0.15, 0.2) is 0 Å². The summed E-state index contributed by atoms with van der Waals surface area (Å²) in [5.41, 5.74) is -0.497. The van der Waals surface area contributed by atoms with Crippen LogP contribution in [0.3, 0.4) is 0 Å². The predicted molar refractivity (Wildman–Crippen MR) is 73.5 cm³/mol. The highest BCUT2D eigenvalue weighted by Crippen LogP contribution is 2.18. The van der Waals surface area contributed by atoms with E-state index in [9.17, 15) is 14.7 Å². The van der Waals surface area contributed by atoms with Crippen molar-refractivity contribution in [1.29, 1.82) is 0 Å². The highest BCUT2D eigenvalue weighted by Gasteiger charge is 2.27. The van der Waals surface area contributed by atoms with E-state index in [2.05, 4.69) is 10.6 Å². The van der Waals surface area contributed by atoms with Crippen LogP contribution in [0.25, 0.3) is 0 Å². The third-order valence-electron chi connectivity index (χ3n) is 3.47. The average molecular weight is 270 g/mol. The smallest absolute Gasteiger partial charge is 0.242 e. The van der Waals surface area contributed by atoms with E-state index in [0.717, 1.165) is 25.7 Å². The SMILES string of the molecule is CC(NC(=O)C(C)(C)C)C(=O)NC1CCC(O)CC1. The zero-order valence-corrected chi connectivity index (χ0v) is 12.3. The largest absolute Gasteiger partial charge is 0.393 e. The van der Waals surface area contributed by atoms with Gasteiger partial charge in [0.05, 0.1) is 6.10 Å². The lowest BCUT2D eigenvalue weighted by Crippen LogP contribution is -2.51. The standard InChI is InChI=1S/C14H26N2O3/c1-9(15-13(19)14(2,3)4)12(18)16-10-5-7-11(17)8-6-10/h9-11,17H,5-8H2,1-4H3,(H,15,19)(H,16,18). The van der Waals surface area contributed by atoms with Crippen LogP contribution in [0.1, 0.15) is 53.4 Å². The molecule has 0 heterocycles. The number of carbonyl (C=O) groups is 2. The molecule has 19 heavy (non-hydrogen) atoms. The Bertz CT molecular complexity index is 328. The number of aliphatic hydroxyl groups excluding tert-OH is 1. The molecule has 1 aliphatic carbocycles. The van der Waals surface area contributed by atoms with Crippen LogP contribution >= 0.6 is 0 Å². The average Bonchev–Trinajstić information content (AvgIpc) is 2.30. The first kappa shape index (κ1) is 16.0. The van der Waals surface area contributed by atoms with Crippen molar-refractivity contribution in [2.75, 3.05) is 0 Å². The Labute approximate surface area is 115 Å². The van der Waals surface area contributed by atoms with Gasteiger partial charge in [0.1, 0.15) is 6.04 Å². The number of hydrogen-bond donors (Lipinski definition) is 3. The Morgan fingerprint density at radius 1 is 1.16 bits per heavy atom. The summed E-state index contributed by atoms with van der Waals surface area (Å²) in [6.07, 6.45) is 2.83. The minimum Gasteiger partial charge on any atom is -0.393 e. The molecule has 110 valence electrons. The first-order chi connectivity index (χ1) is 8.70. The quantitative estimate of drug-likeness (QED) is 0.714. The molecule has 5 heteroatoms. The van der Waals surface area contributed by atoms with Crippen LogP contribution < -0.4 is 10.6 Å². The molecule has 1 rings (SSSR count). The van der Waals surface area contributed by atoms with Crippen LogP contribution in [-0.2, 0) is 9.59 Å². The molecule has 1 saturated carbocycles. The second-order valence-electron chi connectivity index (χ2n) is 6.46. The van der Waals surface area contributed by atoms with Crippen molar-refractivity contribution in [2.24, 2.45) is 5.41 Å². The maximum Gasteiger partial charge on any atom is 0.242 e. The molecule has 0 spiro atoms. The Balaban J connectivity index is 2.39. The Kier molecular flexibility index (Phi) is 5.35. The first-order valence-corrected chi connectivity index (χ1v) is 6.99. The number of aliphatic hydroxyl groups is 1. The highest BCUT2D eigenvalue weighted by molar-refractivity contribution is 5.89. The molecule has 1 aliphatic rings. The number of carbonyl (C=O) groups excluding carboxylic acids is 2. The van der Waals surface area contributed by atoms with E-state index in [-0.39, 0.29) is 24.0 Å². The monoisotopic (exact) mass is 270 g/mol. The second kappa shape index (κ2) is 6.37. The summed E-state index contributed by atoms with van der Waals surface area (Å²) in [7, 11) is 0. The summed E-state index contributed by atoms with van der Waals surface area (Å²) >= 11 is 0. The van der Waals surface area contributed by atoms with E-state index >= 15 is 0 Å². The lowest BCUT2D eigenvalue weighted by Gasteiger charge is -2.28. The van der Waals surface area contributed by atoms with Crippen LogP contribution in [0, 0.1) is 5.41 Å². The zero-order chi connectivity index (χ0) is 14.6. The number of nitrogens with one attached hydrogen (secondary N) is 2. The van der Waals surface area contributed by atoms with Gasteiger partial charge in [-0.1, -0.05) is 20.8 Å². The fraction of sp³-hybridized carbons (Fsp3) is 0.857. The maximum absolute atomic E-state index is 12.0. The van der Waals surface area contributed by atoms with E-state index < -0.39 is 11.5 Å². The van der Waals surface area contributed by atoms with Crippen molar-refractivity contribution in [3.05, 3.63) is 0 Å². The molecule has 0 aromatic rings. The van der Waals surface area contributed by atoms with E-state index in [1.54, 1.807) is 6.92 Å². The van der Waals surface area contributed by atoms with Crippen molar-refractivity contribution in [2.45, 2.75) is 71.6 Å². The minimum absolute atomic E-state index is 0.116. The zero-order valence-electron chi connectivity index (χ0n) is 12.3. The van der Waals surface area contributed by atoms with Crippen molar-refractivity contribution in [3.63, 3.8) is 0 Å². The minimum atomic E-state index is -0.529. The van der Waals surface area contributed by atoms with Gasteiger partial charge in [0.15, 0.2) is 0 Å². The van der Waals surface area contributed by atoms with Crippen LogP contribution in [0.4, 0.5) is 0 Å². The van der Waals surface area contributed by atoms with Gasteiger partial charge in [-0.15, -0.1) is 0 Å². The number of hydrogen-bond acceptors (Lipinski definition) is 3.